The van der Waals surface area contributed by atoms with Crippen LogP contribution in [-0.2, 0) is 11.3 Å². The molecule has 28 heavy (non-hydrogen) atoms. The van der Waals surface area contributed by atoms with Gasteiger partial charge in [0.05, 0.1) is 10.5 Å². The molecule has 148 valence electrons. The van der Waals surface area contributed by atoms with Crippen LogP contribution in [0.1, 0.15) is 25.0 Å². The van der Waals surface area contributed by atoms with E-state index < -0.39 is 0 Å². The van der Waals surface area contributed by atoms with Crippen molar-refractivity contribution in [3.05, 3.63) is 69.6 Å². The lowest BCUT2D eigenvalue weighted by molar-refractivity contribution is 0.0283. The van der Waals surface area contributed by atoms with Crippen LogP contribution in [0.15, 0.2) is 52.6 Å². The summed E-state index contributed by atoms with van der Waals surface area (Å²) in [7, 11) is 0. The van der Waals surface area contributed by atoms with E-state index in [0.29, 0.717) is 19.0 Å². The van der Waals surface area contributed by atoms with Crippen molar-refractivity contribution in [2.45, 2.75) is 39.4 Å². The van der Waals surface area contributed by atoms with Crippen molar-refractivity contribution in [1.82, 2.24) is 9.80 Å². The SMILES string of the molecule is Cc1ccc(OCN2C[C@@H](C)N(Cc3ccc(F)cc3)C(=C=O)[C@@H]2C)c(Br)c1. The van der Waals surface area contributed by atoms with Crippen molar-refractivity contribution < 1.29 is 13.9 Å². The fraction of sp³-hybridized carbons (Fsp3) is 0.364. The van der Waals surface area contributed by atoms with Crippen LogP contribution in [-0.4, -0.2) is 41.1 Å². The zero-order chi connectivity index (χ0) is 20.3. The number of hydrogen-bond donors (Lipinski definition) is 0. The Labute approximate surface area is 173 Å². The fourth-order valence-corrected chi connectivity index (χ4v) is 4.07. The maximum atomic E-state index is 13.2. The van der Waals surface area contributed by atoms with Crippen LogP contribution in [0.3, 0.4) is 0 Å². The summed E-state index contributed by atoms with van der Waals surface area (Å²) >= 11 is 3.53. The van der Waals surface area contributed by atoms with Crippen molar-refractivity contribution in [2.75, 3.05) is 13.3 Å². The number of aryl methyl sites for hydroxylation is 1. The average molecular weight is 447 g/mol. The Morgan fingerprint density at radius 1 is 1.21 bits per heavy atom. The first kappa shape index (κ1) is 20.6. The lowest BCUT2D eigenvalue weighted by atomic mass is 10.0. The van der Waals surface area contributed by atoms with Crippen molar-refractivity contribution in [1.29, 1.82) is 0 Å². The van der Waals surface area contributed by atoms with E-state index in [0.717, 1.165) is 27.9 Å². The fourth-order valence-electron chi connectivity index (χ4n) is 3.46. The maximum absolute atomic E-state index is 13.2. The standard InChI is InChI=1S/C22H24BrFN2O2/c1-15-4-9-22(20(23)10-15)28-14-25-11-16(2)26(21(13-27)17(25)3)12-18-5-7-19(24)8-6-18/h4-10,16-17H,11-12,14H2,1-3H3/t16-,17+/m1/s1. The average Bonchev–Trinajstić information content (AvgIpc) is 2.66. The molecule has 2 aromatic rings. The minimum atomic E-state index is -0.263. The highest BCUT2D eigenvalue weighted by Crippen LogP contribution is 2.28. The van der Waals surface area contributed by atoms with Crippen molar-refractivity contribution in [3.8, 4) is 5.75 Å². The first-order valence-electron chi connectivity index (χ1n) is 9.28. The monoisotopic (exact) mass is 446 g/mol. The molecule has 0 bridgehead atoms. The number of hydrogen-bond acceptors (Lipinski definition) is 4. The zero-order valence-corrected chi connectivity index (χ0v) is 17.9. The molecule has 0 amide bonds. The molecule has 0 spiro atoms. The van der Waals surface area contributed by atoms with Gasteiger partial charge in [0.2, 0.25) is 0 Å². The molecule has 2 aromatic carbocycles. The van der Waals surface area contributed by atoms with Gasteiger partial charge in [0.1, 0.15) is 29.9 Å². The van der Waals surface area contributed by atoms with Crippen LogP contribution in [0.25, 0.3) is 0 Å². The predicted molar refractivity (Wildman–Crippen MR) is 111 cm³/mol. The van der Waals surface area contributed by atoms with Crippen LogP contribution in [0.2, 0.25) is 0 Å². The Morgan fingerprint density at radius 2 is 1.93 bits per heavy atom. The first-order chi connectivity index (χ1) is 13.4. The number of ether oxygens (including phenoxy) is 1. The molecule has 6 heteroatoms. The highest BCUT2D eigenvalue weighted by atomic mass is 79.9. The molecule has 3 rings (SSSR count). The second-order valence-corrected chi connectivity index (χ2v) is 8.10. The summed E-state index contributed by atoms with van der Waals surface area (Å²) < 4.78 is 20.1. The molecule has 0 saturated carbocycles. The van der Waals surface area contributed by atoms with Gasteiger partial charge in [0, 0.05) is 19.1 Å². The summed E-state index contributed by atoms with van der Waals surface area (Å²) in [5.74, 6) is 2.64. The first-order valence-corrected chi connectivity index (χ1v) is 10.1. The van der Waals surface area contributed by atoms with Gasteiger partial charge in [0.15, 0.2) is 0 Å². The Bertz CT molecular complexity index is 881. The van der Waals surface area contributed by atoms with Gasteiger partial charge in [-0.05, 0) is 72.1 Å². The second-order valence-electron chi connectivity index (χ2n) is 7.25. The van der Waals surface area contributed by atoms with Crippen molar-refractivity contribution in [3.63, 3.8) is 0 Å². The maximum Gasteiger partial charge on any atom is 0.147 e. The van der Waals surface area contributed by atoms with E-state index in [1.807, 2.05) is 36.9 Å². The molecule has 0 unspecified atom stereocenters. The molecule has 1 heterocycles. The minimum absolute atomic E-state index is 0.0998. The number of rotatable bonds is 5. The van der Waals surface area contributed by atoms with E-state index >= 15 is 0 Å². The quantitative estimate of drug-likeness (QED) is 0.630. The van der Waals surface area contributed by atoms with Gasteiger partial charge in [-0.1, -0.05) is 18.2 Å². The third kappa shape index (κ3) is 4.64. The predicted octanol–water partition coefficient (Wildman–Crippen LogP) is 4.54. The highest BCUT2D eigenvalue weighted by Gasteiger charge is 2.34. The summed E-state index contributed by atoms with van der Waals surface area (Å²) in [5, 5.41) is 0. The third-order valence-corrected chi connectivity index (χ3v) is 5.75. The Morgan fingerprint density at radius 3 is 2.57 bits per heavy atom. The summed E-state index contributed by atoms with van der Waals surface area (Å²) in [6.07, 6.45) is 0. The van der Waals surface area contributed by atoms with Crippen LogP contribution in [0.5, 0.6) is 5.75 Å². The number of benzene rings is 2. The summed E-state index contributed by atoms with van der Waals surface area (Å²) in [5.41, 5.74) is 2.71. The van der Waals surface area contributed by atoms with Gasteiger partial charge >= 0.3 is 0 Å². The molecule has 0 N–H and O–H groups in total. The highest BCUT2D eigenvalue weighted by molar-refractivity contribution is 9.10. The Balaban J connectivity index is 1.70. The largest absolute Gasteiger partial charge is 0.477 e. The lowest BCUT2D eigenvalue weighted by Gasteiger charge is -2.45. The number of nitrogens with zero attached hydrogens (tertiary/aromatic N) is 2. The molecule has 1 fully saturated rings. The topological polar surface area (TPSA) is 32.8 Å². The van der Waals surface area contributed by atoms with E-state index in [1.54, 1.807) is 12.1 Å². The van der Waals surface area contributed by atoms with E-state index in [4.69, 9.17) is 4.74 Å². The third-order valence-electron chi connectivity index (χ3n) is 5.13. The van der Waals surface area contributed by atoms with Gasteiger partial charge in [-0.15, -0.1) is 0 Å². The number of halogens is 2. The van der Waals surface area contributed by atoms with Crippen LogP contribution in [0, 0.1) is 12.7 Å². The molecule has 4 nitrogen and oxygen atoms in total. The van der Waals surface area contributed by atoms with Gasteiger partial charge in [-0.25, -0.2) is 9.18 Å². The Hall–Kier alpha value is -2.14. The zero-order valence-electron chi connectivity index (χ0n) is 16.3. The molecule has 0 aromatic heterocycles. The molecule has 1 aliphatic heterocycles. The number of carbonyl (C=O) groups excluding carboxylic acids is 1. The van der Waals surface area contributed by atoms with Crippen LogP contribution in [0.4, 0.5) is 4.39 Å². The van der Waals surface area contributed by atoms with E-state index in [2.05, 4.69) is 33.7 Å². The summed E-state index contributed by atoms with van der Waals surface area (Å²) in [6, 6.07) is 12.3. The van der Waals surface area contributed by atoms with Gasteiger partial charge in [-0.2, -0.15) is 0 Å². The summed E-state index contributed by atoms with van der Waals surface area (Å²) in [4.78, 5) is 15.9. The minimum Gasteiger partial charge on any atom is -0.477 e. The van der Waals surface area contributed by atoms with E-state index in [1.165, 1.54) is 12.1 Å². The van der Waals surface area contributed by atoms with Crippen molar-refractivity contribution >= 4 is 21.9 Å². The van der Waals surface area contributed by atoms with Gasteiger partial charge in [-0.3, -0.25) is 4.90 Å². The van der Waals surface area contributed by atoms with Crippen molar-refractivity contribution in [2.24, 2.45) is 0 Å². The molecular weight excluding hydrogens is 423 g/mol. The van der Waals surface area contributed by atoms with Crippen LogP contribution < -0.4 is 4.74 Å². The second kappa shape index (κ2) is 8.91. The van der Waals surface area contributed by atoms with Gasteiger partial charge in [0.25, 0.3) is 0 Å². The normalized spacial score (nSPS) is 20.2. The summed E-state index contributed by atoms with van der Waals surface area (Å²) in [6.45, 7) is 7.76. The molecule has 1 saturated heterocycles. The molecule has 1 aliphatic rings. The lowest BCUT2D eigenvalue weighted by Crippen LogP contribution is -2.55. The molecule has 2 atom stereocenters. The van der Waals surface area contributed by atoms with E-state index in [9.17, 15) is 9.18 Å². The Kier molecular flexibility index (Phi) is 6.55. The van der Waals surface area contributed by atoms with E-state index in [-0.39, 0.29) is 17.9 Å². The molecule has 0 aliphatic carbocycles. The van der Waals surface area contributed by atoms with Gasteiger partial charge < -0.3 is 9.64 Å². The molecule has 0 radical (unpaired) electrons. The smallest absolute Gasteiger partial charge is 0.147 e. The molecular formula is C22H24BrFN2O2. The number of piperazine rings is 1. The van der Waals surface area contributed by atoms with Crippen LogP contribution >= 0.6 is 15.9 Å².